The predicted octanol–water partition coefficient (Wildman–Crippen LogP) is 5.37. The van der Waals surface area contributed by atoms with Gasteiger partial charge in [-0.2, -0.15) is 0 Å². The topological polar surface area (TPSA) is 63.7 Å². The molecule has 2 aromatic carbocycles. The molecule has 3 aliphatic rings. The molecule has 2 fully saturated rings. The van der Waals surface area contributed by atoms with Gasteiger partial charge in [0.05, 0.1) is 12.0 Å². The lowest BCUT2D eigenvalue weighted by Gasteiger charge is -2.42. The predicted molar refractivity (Wildman–Crippen MR) is 130 cm³/mol. The van der Waals surface area contributed by atoms with E-state index < -0.39 is 6.10 Å². The molecule has 0 unspecified atom stereocenters. The van der Waals surface area contributed by atoms with Gasteiger partial charge in [0, 0.05) is 36.4 Å². The molecule has 6 heteroatoms. The van der Waals surface area contributed by atoms with E-state index in [1.165, 1.54) is 11.1 Å². The van der Waals surface area contributed by atoms with Crippen molar-refractivity contribution in [2.45, 2.75) is 57.5 Å². The molecular formula is C28H30ClNO4. The zero-order chi connectivity index (χ0) is 23.8. The van der Waals surface area contributed by atoms with E-state index in [-0.39, 0.29) is 35.7 Å². The second kappa shape index (κ2) is 9.53. The minimum absolute atomic E-state index is 0.0209. The van der Waals surface area contributed by atoms with Crippen molar-refractivity contribution in [2.75, 3.05) is 13.1 Å². The number of benzene rings is 2. The number of hydrogen-bond acceptors (Lipinski definition) is 4. The number of aryl methyl sites for hydroxylation is 1. The van der Waals surface area contributed by atoms with Crippen LogP contribution < -0.4 is 4.74 Å². The highest BCUT2D eigenvalue weighted by Gasteiger charge is 2.38. The Bertz CT molecular complexity index is 1100. The molecule has 5 rings (SSSR count). The van der Waals surface area contributed by atoms with E-state index >= 15 is 0 Å². The second-order valence-corrected chi connectivity index (χ2v) is 10.5. The third-order valence-corrected chi connectivity index (χ3v) is 7.90. The van der Waals surface area contributed by atoms with Gasteiger partial charge in [-0.15, -0.1) is 0 Å². The molecule has 0 bridgehead atoms. The normalized spacial score (nSPS) is 24.7. The van der Waals surface area contributed by atoms with E-state index in [4.69, 9.17) is 16.3 Å². The Hall–Kier alpha value is -2.66. The average Bonchev–Trinajstić information content (AvgIpc) is 2.80. The monoisotopic (exact) mass is 479 g/mol. The molecule has 2 aromatic rings. The Labute approximate surface area is 205 Å². The van der Waals surface area contributed by atoms with Crippen LogP contribution >= 0.6 is 11.6 Å². The van der Waals surface area contributed by atoms with Gasteiger partial charge in [0.25, 0.3) is 0 Å². The number of nitrogens with zero attached hydrogens (tertiary/aromatic N) is 1. The number of ether oxygens (including phenoxy) is 1. The van der Waals surface area contributed by atoms with Gasteiger partial charge in [-0.3, -0.25) is 14.4 Å². The third kappa shape index (κ3) is 4.76. The van der Waals surface area contributed by atoms with Crippen LogP contribution in [0.25, 0.3) is 0 Å². The van der Waals surface area contributed by atoms with Crippen molar-refractivity contribution in [3.05, 3.63) is 64.2 Å². The summed E-state index contributed by atoms with van der Waals surface area (Å²) in [5, 5.41) is 0.482. The number of hydrogen-bond donors (Lipinski definition) is 0. The Morgan fingerprint density at radius 1 is 1.03 bits per heavy atom. The second-order valence-electron chi connectivity index (χ2n) is 10.1. The van der Waals surface area contributed by atoms with Gasteiger partial charge in [0.1, 0.15) is 5.75 Å². The molecule has 0 N–H and O–H groups in total. The highest BCUT2D eigenvalue weighted by Crippen LogP contribution is 2.37. The highest BCUT2D eigenvalue weighted by atomic mass is 35.5. The van der Waals surface area contributed by atoms with Crippen LogP contribution in [0.1, 0.15) is 65.9 Å². The highest BCUT2D eigenvalue weighted by molar-refractivity contribution is 6.31. The average molecular weight is 480 g/mol. The van der Waals surface area contributed by atoms with E-state index in [2.05, 4.69) is 31.2 Å². The van der Waals surface area contributed by atoms with Crippen LogP contribution in [-0.2, 0) is 9.59 Å². The lowest BCUT2D eigenvalue weighted by Crippen LogP contribution is -2.51. The third-order valence-electron chi connectivity index (χ3n) is 7.67. The molecule has 1 atom stereocenters. The van der Waals surface area contributed by atoms with E-state index in [1.807, 2.05) is 4.90 Å². The number of carbonyl (C=O) groups is 3. The molecule has 1 saturated heterocycles. The van der Waals surface area contributed by atoms with Gasteiger partial charge in [0.2, 0.25) is 5.91 Å². The molecule has 2 heterocycles. The van der Waals surface area contributed by atoms with Crippen LogP contribution in [0.3, 0.4) is 0 Å². The fraction of sp³-hybridized carbons (Fsp3) is 0.464. The van der Waals surface area contributed by atoms with Crippen LogP contribution in [0, 0.1) is 18.8 Å². The van der Waals surface area contributed by atoms with Crippen molar-refractivity contribution in [2.24, 2.45) is 11.8 Å². The fourth-order valence-electron chi connectivity index (χ4n) is 5.47. The van der Waals surface area contributed by atoms with Crippen molar-refractivity contribution in [3.63, 3.8) is 0 Å². The van der Waals surface area contributed by atoms with Crippen LogP contribution in [-0.4, -0.2) is 41.6 Å². The number of amides is 1. The molecule has 1 saturated carbocycles. The van der Waals surface area contributed by atoms with E-state index in [0.29, 0.717) is 28.7 Å². The summed E-state index contributed by atoms with van der Waals surface area (Å²) < 4.78 is 5.84. The fourth-order valence-corrected chi connectivity index (χ4v) is 5.64. The van der Waals surface area contributed by atoms with Gasteiger partial charge < -0.3 is 9.64 Å². The number of halogens is 1. The van der Waals surface area contributed by atoms with E-state index in [9.17, 15) is 14.4 Å². The first-order chi connectivity index (χ1) is 16.4. The molecule has 0 aromatic heterocycles. The Morgan fingerprint density at radius 3 is 2.44 bits per heavy atom. The number of ketones is 2. The smallest absolute Gasteiger partial charge is 0.225 e. The molecule has 1 aliphatic carbocycles. The summed E-state index contributed by atoms with van der Waals surface area (Å²) in [5.41, 5.74) is 3.01. The Morgan fingerprint density at radius 2 is 1.74 bits per heavy atom. The molecular weight excluding hydrogens is 450 g/mol. The minimum atomic E-state index is -0.722. The molecule has 34 heavy (non-hydrogen) atoms. The van der Waals surface area contributed by atoms with Crippen molar-refractivity contribution in [3.8, 4) is 5.75 Å². The van der Waals surface area contributed by atoms with E-state index in [0.717, 1.165) is 38.8 Å². The maximum atomic E-state index is 13.0. The zero-order valence-electron chi connectivity index (χ0n) is 19.5. The number of fused-ring (bicyclic) bond motifs is 1. The molecule has 1 amide bonds. The summed E-state index contributed by atoms with van der Waals surface area (Å²) >= 11 is 5.97. The van der Waals surface area contributed by atoms with Crippen LogP contribution in [0.2, 0.25) is 5.02 Å². The van der Waals surface area contributed by atoms with Crippen molar-refractivity contribution < 1.29 is 19.1 Å². The Kier molecular flexibility index (Phi) is 6.48. The summed E-state index contributed by atoms with van der Waals surface area (Å²) in [6.07, 6.45) is 3.13. The van der Waals surface area contributed by atoms with Gasteiger partial charge in [0.15, 0.2) is 17.7 Å². The van der Waals surface area contributed by atoms with Crippen LogP contribution in [0.15, 0.2) is 42.5 Å². The lowest BCUT2D eigenvalue weighted by atomic mass is 9.77. The van der Waals surface area contributed by atoms with Gasteiger partial charge >= 0.3 is 0 Å². The summed E-state index contributed by atoms with van der Waals surface area (Å²) in [6.45, 7) is 3.70. The lowest BCUT2D eigenvalue weighted by molar-refractivity contribution is -0.141. The van der Waals surface area contributed by atoms with E-state index in [1.54, 1.807) is 18.2 Å². The molecule has 178 valence electrons. The largest absolute Gasteiger partial charge is 0.481 e. The first kappa shape index (κ1) is 23.1. The van der Waals surface area contributed by atoms with Crippen LogP contribution in [0.5, 0.6) is 5.75 Å². The Balaban J connectivity index is 1.08. The maximum absolute atomic E-state index is 13.0. The number of Topliss-reactive ketones (excluding diaryl/α,β-unsaturated/α-hetero) is 2. The van der Waals surface area contributed by atoms with Gasteiger partial charge in [-0.25, -0.2) is 0 Å². The summed E-state index contributed by atoms with van der Waals surface area (Å²) in [7, 11) is 0. The summed E-state index contributed by atoms with van der Waals surface area (Å²) in [5.74, 6) is 1.34. The first-order valence-electron chi connectivity index (χ1n) is 12.2. The zero-order valence-corrected chi connectivity index (χ0v) is 20.2. The number of likely N-dealkylation sites (tertiary alicyclic amines) is 1. The standard InChI is InChI=1S/C28H30ClNO4/c1-17-2-6-19(7-3-17)21-15-30(16-21)28(33)20-8-4-18(5-9-20)12-25(32)27-14-24(31)23-13-22(29)10-11-26(23)34-27/h2-3,6-7,10-11,13,18,20-21,27H,4-5,8-9,12,14-16H2,1H3/t18?,20?,27-/m1/s1. The van der Waals surface area contributed by atoms with Crippen LogP contribution in [0.4, 0.5) is 0 Å². The molecule has 2 aliphatic heterocycles. The summed E-state index contributed by atoms with van der Waals surface area (Å²) in [4.78, 5) is 40.3. The molecule has 0 spiro atoms. The number of rotatable bonds is 5. The first-order valence-corrected chi connectivity index (χ1v) is 12.6. The SMILES string of the molecule is Cc1ccc(C2CN(C(=O)C3CCC(CC(=O)[C@H]4CC(=O)c5cc(Cl)ccc5O4)CC3)C2)cc1. The van der Waals surface area contributed by atoms with Gasteiger partial charge in [-0.05, 0) is 62.3 Å². The van der Waals surface area contributed by atoms with Gasteiger partial charge in [-0.1, -0.05) is 41.4 Å². The quantitative estimate of drug-likeness (QED) is 0.578. The van der Waals surface area contributed by atoms with Crippen molar-refractivity contribution >= 4 is 29.1 Å². The minimum Gasteiger partial charge on any atom is -0.481 e. The maximum Gasteiger partial charge on any atom is 0.225 e. The molecule has 5 nitrogen and oxygen atoms in total. The molecule has 0 radical (unpaired) electrons. The van der Waals surface area contributed by atoms with Crippen molar-refractivity contribution in [1.82, 2.24) is 4.90 Å². The number of carbonyl (C=O) groups excluding carboxylic acids is 3. The summed E-state index contributed by atoms with van der Waals surface area (Å²) in [6, 6.07) is 13.5. The van der Waals surface area contributed by atoms with Crippen molar-refractivity contribution in [1.29, 1.82) is 0 Å².